The fourth-order valence-corrected chi connectivity index (χ4v) is 8.44. The molecule has 1 amide bonds. The van der Waals surface area contributed by atoms with Crippen molar-refractivity contribution in [2.24, 2.45) is 5.92 Å². The number of thiophene rings is 1. The Bertz CT molecular complexity index is 1290. The standard InChI is InChI=1S/C34H43N3O2S/c1-25-22-37(14-5-6-26-13-17-40-24-26)31-19-30(20-34(25,21-31)29-9-4-10-32(38)18-29)35-33(39)12-16-36-15-11-27-7-2-3-8-28(27)23-36/h2-4,7-10,13,17-18,24-25,30-31,38H,5-6,11-12,14-16,19-23H2,1H3,(H,35,39)/t25-,30+,31+,34+/m1/s1. The van der Waals surface area contributed by atoms with E-state index in [1.807, 2.05) is 12.1 Å². The minimum atomic E-state index is -0.0277. The molecule has 2 N–H and O–H groups in total. The maximum atomic E-state index is 13.3. The normalized spacial score (nSPS) is 26.8. The lowest BCUT2D eigenvalue weighted by atomic mass is 9.57. The van der Waals surface area contributed by atoms with Gasteiger partial charge >= 0.3 is 0 Å². The molecule has 40 heavy (non-hydrogen) atoms. The molecule has 5 nitrogen and oxygen atoms in total. The van der Waals surface area contributed by atoms with Crippen LogP contribution in [0.2, 0.25) is 0 Å². The van der Waals surface area contributed by atoms with Crippen molar-refractivity contribution in [3.63, 3.8) is 0 Å². The minimum absolute atomic E-state index is 0.0277. The fraction of sp³-hybridized carbons (Fsp3) is 0.500. The van der Waals surface area contributed by atoms with Crippen LogP contribution in [-0.2, 0) is 29.6 Å². The number of likely N-dealkylation sites (tertiary alicyclic amines) is 1. The van der Waals surface area contributed by atoms with E-state index in [4.69, 9.17) is 0 Å². The summed E-state index contributed by atoms with van der Waals surface area (Å²) in [4.78, 5) is 18.4. The topological polar surface area (TPSA) is 55.8 Å². The number of aromatic hydroxyl groups is 1. The number of benzene rings is 2. The van der Waals surface area contributed by atoms with Crippen LogP contribution >= 0.6 is 11.3 Å². The Morgan fingerprint density at radius 2 is 1.98 bits per heavy atom. The summed E-state index contributed by atoms with van der Waals surface area (Å²) in [5.41, 5.74) is 5.49. The molecular weight excluding hydrogens is 514 g/mol. The Balaban J connectivity index is 1.12. The predicted octanol–water partition coefficient (Wildman–Crippen LogP) is 5.76. The number of nitrogens with one attached hydrogen (secondary N) is 1. The molecule has 3 aromatic rings. The third-order valence-electron chi connectivity index (χ3n) is 9.88. The van der Waals surface area contributed by atoms with Crippen molar-refractivity contribution in [2.75, 3.05) is 26.2 Å². The molecule has 0 unspecified atom stereocenters. The zero-order valence-electron chi connectivity index (χ0n) is 23.7. The molecule has 2 fully saturated rings. The third-order valence-corrected chi connectivity index (χ3v) is 10.6. The van der Waals surface area contributed by atoms with Crippen molar-refractivity contribution in [1.29, 1.82) is 0 Å². The van der Waals surface area contributed by atoms with Gasteiger partial charge in [0.15, 0.2) is 0 Å². The first kappa shape index (κ1) is 27.5. The number of rotatable bonds is 9. The van der Waals surface area contributed by atoms with Gasteiger partial charge in [-0.3, -0.25) is 14.6 Å². The highest BCUT2D eigenvalue weighted by molar-refractivity contribution is 7.07. The van der Waals surface area contributed by atoms with Gasteiger partial charge in [0, 0.05) is 50.1 Å². The Morgan fingerprint density at radius 1 is 1.10 bits per heavy atom. The van der Waals surface area contributed by atoms with Crippen molar-refractivity contribution in [2.45, 2.75) is 75.9 Å². The lowest BCUT2D eigenvalue weighted by molar-refractivity contribution is -0.123. The molecule has 2 aliphatic heterocycles. The van der Waals surface area contributed by atoms with E-state index in [1.165, 1.54) is 22.3 Å². The second-order valence-electron chi connectivity index (χ2n) is 12.4. The zero-order chi connectivity index (χ0) is 27.5. The largest absolute Gasteiger partial charge is 0.508 e. The third kappa shape index (κ3) is 6.00. The Morgan fingerprint density at radius 3 is 2.80 bits per heavy atom. The first-order chi connectivity index (χ1) is 19.5. The van der Waals surface area contributed by atoms with Crippen LogP contribution in [-0.4, -0.2) is 59.1 Å². The number of aryl methyl sites for hydroxylation is 1. The number of carbonyl (C=O) groups is 1. The zero-order valence-corrected chi connectivity index (χ0v) is 24.5. The van der Waals surface area contributed by atoms with Crippen LogP contribution in [0.3, 0.4) is 0 Å². The van der Waals surface area contributed by atoms with E-state index >= 15 is 0 Å². The number of piperidine rings is 1. The number of phenolic OH excluding ortho intramolecular Hbond substituents is 1. The van der Waals surface area contributed by atoms with Gasteiger partial charge in [-0.25, -0.2) is 0 Å². The van der Waals surface area contributed by atoms with Crippen LogP contribution in [0, 0.1) is 5.92 Å². The molecule has 3 aliphatic rings. The number of phenols is 1. The summed E-state index contributed by atoms with van der Waals surface area (Å²) >= 11 is 1.78. The van der Waals surface area contributed by atoms with Gasteiger partial charge in [0.05, 0.1) is 0 Å². The first-order valence-corrected chi connectivity index (χ1v) is 16.1. The molecule has 0 spiro atoms. The van der Waals surface area contributed by atoms with Crippen molar-refractivity contribution in [1.82, 2.24) is 15.1 Å². The molecular formula is C34H43N3O2S. The molecule has 0 radical (unpaired) electrons. The van der Waals surface area contributed by atoms with E-state index in [0.29, 0.717) is 24.1 Å². The summed E-state index contributed by atoms with van der Waals surface area (Å²) in [7, 11) is 0. The molecule has 2 bridgehead atoms. The van der Waals surface area contributed by atoms with Crippen LogP contribution in [0.15, 0.2) is 65.4 Å². The molecule has 3 heterocycles. The second kappa shape index (κ2) is 12.1. The van der Waals surface area contributed by atoms with Gasteiger partial charge in [-0.15, -0.1) is 0 Å². The van der Waals surface area contributed by atoms with Crippen LogP contribution in [0.4, 0.5) is 0 Å². The molecule has 4 atom stereocenters. The summed E-state index contributed by atoms with van der Waals surface area (Å²) in [6, 6.07) is 19.4. The van der Waals surface area contributed by atoms with Gasteiger partial charge in [0.2, 0.25) is 5.91 Å². The smallest absolute Gasteiger partial charge is 0.221 e. The highest BCUT2D eigenvalue weighted by atomic mass is 32.1. The summed E-state index contributed by atoms with van der Waals surface area (Å²) in [6.45, 7) is 7.31. The van der Waals surface area contributed by atoms with E-state index in [2.05, 4.69) is 69.2 Å². The molecule has 1 aromatic heterocycles. The number of fused-ring (bicyclic) bond motifs is 3. The number of hydrogen-bond donors (Lipinski definition) is 2. The van der Waals surface area contributed by atoms with Gasteiger partial charge in [0.25, 0.3) is 0 Å². The molecule has 1 aliphatic carbocycles. The Kier molecular flexibility index (Phi) is 8.29. The van der Waals surface area contributed by atoms with Gasteiger partial charge in [-0.1, -0.05) is 43.3 Å². The predicted molar refractivity (Wildman–Crippen MR) is 163 cm³/mol. The van der Waals surface area contributed by atoms with Crippen LogP contribution < -0.4 is 5.32 Å². The quantitative estimate of drug-likeness (QED) is 0.351. The average Bonchev–Trinajstić information content (AvgIpc) is 3.48. The lowest BCUT2D eigenvalue weighted by Gasteiger charge is -2.56. The molecule has 6 rings (SSSR count). The van der Waals surface area contributed by atoms with E-state index in [1.54, 1.807) is 17.4 Å². The number of nitrogens with zero attached hydrogens (tertiary/aromatic N) is 2. The van der Waals surface area contributed by atoms with Crippen molar-refractivity contribution in [3.05, 3.63) is 87.6 Å². The second-order valence-corrected chi connectivity index (χ2v) is 13.2. The SMILES string of the molecule is C[C@@H]1CN(CCCc2ccsc2)[C@H]2C[C@H](NC(=O)CCN3CCc4ccccc4C3)C[C@]1(c1cccc(O)c1)C2. The first-order valence-electron chi connectivity index (χ1n) is 15.1. The van der Waals surface area contributed by atoms with Crippen LogP contribution in [0.1, 0.15) is 61.3 Å². The number of carbonyl (C=O) groups excluding carboxylic acids is 1. The molecule has 2 aromatic carbocycles. The average molecular weight is 558 g/mol. The van der Waals surface area contributed by atoms with Gasteiger partial charge in [-0.2, -0.15) is 11.3 Å². The maximum absolute atomic E-state index is 13.3. The molecule has 1 saturated heterocycles. The van der Waals surface area contributed by atoms with Gasteiger partial charge in [0.1, 0.15) is 5.75 Å². The highest BCUT2D eigenvalue weighted by Gasteiger charge is 2.51. The summed E-state index contributed by atoms with van der Waals surface area (Å²) in [5, 5.41) is 18.3. The fourth-order valence-electron chi connectivity index (χ4n) is 7.74. The maximum Gasteiger partial charge on any atom is 0.221 e. The monoisotopic (exact) mass is 557 g/mol. The highest BCUT2D eigenvalue weighted by Crippen LogP contribution is 2.50. The van der Waals surface area contributed by atoms with Crippen molar-refractivity contribution in [3.8, 4) is 5.75 Å². The Hall–Kier alpha value is -2.67. The lowest BCUT2D eigenvalue weighted by Crippen LogP contribution is -2.61. The Labute approximate surface area is 243 Å². The minimum Gasteiger partial charge on any atom is -0.508 e. The summed E-state index contributed by atoms with van der Waals surface area (Å²) in [5.74, 6) is 0.953. The van der Waals surface area contributed by atoms with Gasteiger partial charge in [-0.05, 0) is 102 Å². The van der Waals surface area contributed by atoms with Crippen LogP contribution in [0.5, 0.6) is 5.75 Å². The van der Waals surface area contributed by atoms with E-state index < -0.39 is 0 Å². The van der Waals surface area contributed by atoms with Crippen LogP contribution in [0.25, 0.3) is 0 Å². The number of amides is 1. The summed E-state index contributed by atoms with van der Waals surface area (Å²) in [6.07, 6.45) is 6.94. The van der Waals surface area contributed by atoms with Crippen molar-refractivity contribution >= 4 is 17.2 Å². The van der Waals surface area contributed by atoms with E-state index in [9.17, 15) is 9.90 Å². The van der Waals surface area contributed by atoms with Gasteiger partial charge < -0.3 is 10.4 Å². The number of hydrogen-bond acceptors (Lipinski definition) is 5. The summed E-state index contributed by atoms with van der Waals surface area (Å²) < 4.78 is 0. The van der Waals surface area contributed by atoms with E-state index in [0.717, 1.165) is 71.2 Å². The molecule has 212 valence electrons. The molecule has 1 saturated carbocycles. The molecule has 6 heteroatoms. The van der Waals surface area contributed by atoms with E-state index in [-0.39, 0.29) is 17.4 Å². The van der Waals surface area contributed by atoms with Crippen molar-refractivity contribution < 1.29 is 9.90 Å².